The van der Waals surface area contributed by atoms with Gasteiger partial charge in [-0.3, -0.25) is 9.36 Å². The molecule has 12 heteroatoms. The van der Waals surface area contributed by atoms with Gasteiger partial charge in [0.15, 0.2) is 16.3 Å². The van der Waals surface area contributed by atoms with Crippen molar-refractivity contribution >= 4 is 58.3 Å². The van der Waals surface area contributed by atoms with E-state index in [1.807, 2.05) is 30.3 Å². The highest BCUT2D eigenvalue weighted by atomic mass is 35.5. The van der Waals surface area contributed by atoms with E-state index in [1.165, 1.54) is 23.0 Å². The van der Waals surface area contributed by atoms with E-state index >= 15 is 0 Å². The molecule has 0 saturated heterocycles. The number of carbonyl (C=O) groups is 2. The number of ether oxygens (including phenoxy) is 4. The predicted molar refractivity (Wildman–Crippen MR) is 197 cm³/mol. The monoisotopic (exact) mass is 742 g/mol. The zero-order valence-corrected chi connectivity index (χ0v) is 30.2. The fraction of sp³-hybridized carbons (Fsp3) is 0.179. The Balaban J connectivity index is 1.41. The normalized spacial score (nSPS) is 14.1. The number of methoxy groups -OCH3 is 1. The summed E-state index contributed by atoms with van der Waals surface area (Å²) in [4.78, 5) is 45.2. The Bertz CT molecular complexity index is 2300. The minimum Gasteiger partial charge on any atom is -0.493 e. The van der Waals surface area contributed by atoms with Crippen LogP contribution in [0.4, 0.5) is 0 Å². The van der Waals surface area contributed by atoms with E-state index in [9.17, 15) is 14.4 Å². The molecule has 51 heavy (non-hydrogen) atoms. The molecule has 0 radical (unpaired) electrons. The SMILES string of the molecule is CCOC(=O)C1=C(c2ccccc2)N=c2s/c(=C\c3cc(Cl)c(OCc4ccc(C(=O)OCC)cc4)c(OC)c3)c(=O)n2[C@@H]1c1ccc(Cl)cc1. The fourth-order valence-corrected chi connectivity index (χ4v) is 7.02. The summed E-state index contributed by atoms with van der Waals surface area (Å²) >= 11 is 14.1. The largest absolute Gasteiger partial charge is 0.493 e. The number of fused-ring (bicyclic) bond motifs is 1. The smallest absolute Gasteiger partial charge is 0.338 e. The molecule has 0 unspecified atom stereocenters. The summed E-state index contributed by atoms with van der Waals surface area (Å²) in [6.45, 7) is 4.08. The van der Waals surface area contributed by atoms with Crippen LogP contribution >= 0.6 is 34.5 Å². The number of benzene rings is 4. The van der Waals surface area contributed by atoms with Crippen molar-refractivity contribution in [3.8, 4) is 11.5 Å². The molecule has 4 aromatic carbocycles. The number of hydrogen-bond donors (Lipinski definition) is 0. The van der Waals surface area contributed by atoms with Gasteiger partial charge in [0, 0.05) is 10.6 Å². The molecule has 0 amide bonds. The van der Waals surface area contributed by atoms with Crippen molar-refractivity contribution in [2.24, 2.45) is 4.99 Å². The van der Waals surface area contributed by atoms with E-state index in [0.29, 0.717) is 60.4 Å². The molecule has 1 aliphatic rings. The van der Waals surface area contributed by atoms with Crippen molar-refractivity contribution < 1.29 is 28.5 Å². The van der Waals surface area contributed by atoms with Crippen LogP contribution in [0.5, 0.6) is 11.5 Å². The van der Waals surface area contributed by atoms with Gasteiger partial charge in [-0.15, -0.1) is 0 Å². The van der Waals surface area contributed by atoms with E-state index in [2.05, 4.69) is 0 Å². The van der Waals surface area contributed by atoms with Gasteiger partial charge in [-0.05, 0) is 73.0 Å². The van der Waals surface area contributed by atoms with E-state index in [-0.39, 0.29) is 29.4 Å². The standard InChI is InChI=1S/C39H32Cl2N2O7S/c1-4-48-37(45)27-13-11-23(12-14-27)22-50-35-29(41)19-24(20-30(35)47-3)21-31-36(44)43-34(26-15-17-28(40)18-16-26)32(38(46)49-5-2)33(42-39(43)51-31)25-9-7-6-8-10-25/h6-21,34H,4-5,22H2,1-3H3/b31-21-/t34-/m1/s1. The molecule has 9 nitrogen and oxygen atoms in total. The Morgan fingerprint density at radius 2 is 1.59 bits per heavy atom. The minimum absolute atomic E-state index is 0.145. The van der Waals surface area contributed by atoms with Gasteiger partial charge < -0.3 is 18.9 Å². The summed E-state index contributed by atoms with van der Waals surface area (Å²) in [5.74, 6) is -0.285. The molecular weight excluding hydrogens is 711 g/mol. The highest BCUT2D eigenvalue weighted by Gasteiger charge is 2.35. The maximum absolute atomic E-state index is 14.3. The summed E-state index contributed by atoms with van der Waals surface area (Å²) in [7, 11) is 1.50. The summed E-state index contributed by atoms with van der Waals surface area (Å²) in [6, 6.07) is 25.8. The van der Waals surface area contributed by atoms with Crippen LogP contribution in [0.1, 0.15) is 52.5 Å². The zero-order valence-electron chi connectivity index (χ0n) is 27.9. The van der Waals surface area contributed by atoms with Gasteiger partial charge in [0.2, 0.25) is 0 Å². The van der Waals surface area contributed by atoms with Crippen molar-refractivity contribution in [1.82, 2.24) is 4.57 Å². The highest BCUT2D eigenvalue weighted by molar-refractivity contribution is 7.07. The number of halogens is 2. The average Bonchev–Trinajstić information content (AvgIpc) is 3.45. The number of nitrogens with zero attached hydrogens (tertiary/aromatic N) is 2. The van der Waals surface area contributed by atoms with Crippen molar-refractivity contribution in [1.29, 1.82) is 0 Å². The van der Waals surface area contributed by atoms with Crippen LogP contribution in [0.25, 0.3) is 11.8 Å². The van der Waals surface area contributed by atoms with Gasteiger partial charge in [-0.25, -0.2) is 14.6 Å². The third kappa shape index (κ3) is 7.63. The lowest BCUT2D eigenvalue weighted by molar-refractivity contribution is -0.138. The van der Waals surface area contributed by atoms with Crippen LogP contribution in [0.3, 0.4) is 0 Å². The van der Waals surface area contributed by atoms with Gasteiger partial charge in [0.25, 0.3) is 5.56 Å². The van der Waals surface area contributed by atoms with Crippen molar-refractivity contribution in [2.75, 3.05) is 20.3 Å². The first-order chi connectivity index (χ1) is 24.7. The average molecular weight is 744 g/mol. The van der Waals surface area contributed by atoms with Crippen LogP contribution in [0.15, 0.2) is 106 Å². The first kappa shape index (κ1) is 35.7. The maximum Gasteiger partial charge on any atom is 0.338 e. The highest BCUT2D eigenvalue weighted by Crippen LogP contribution is 2.38. The molecule has 0 fully saturated rings. The molecule has 0 saturated carbocycles. The Morgan fingerprint density at radius 3 is 2.25 bits per heavy atom. The van der Waals surface area contributed by atoms with E-state index < -0.39 is 18.0 Å². The number of hydrogen-bond acceptors (Lipinski definition) is 9. The van der Waals surface area contributed by atoms with E-state index in [0.717, 1.165) is 5.56 Å². The van der Waals surface area contributed by atoms with E-state index in [1.54, 1.807) is 80.6 Å². The molecule has 1 aliphatic heterocycles. The Hall–Kier alpha value is -5.16. The maximum atomic E-state index is 14.3. The topological polar surface area (TPSA) is 105 Å². The first-order valence-electron chi connectivity index (χ1n) is 16.0. The molecule has 1 atom stereocenters. The predicted octanol–water partition coefficient (Wildman–Crippen LogP) is 7.01. The van der Waals surface area contributed by atoms with Crippen molar-refractivity contribution in [3.63, 3.8) is 0 Å². The zero-order chi connectivity index (χ0) is 36.1. The van der Waals surface area contributed by atoms with Crippen LogP contribution in [-0.2, 0) is 20.9 Å². The van der Waals surface area contributed by atoms with Crippen LogP contribution in [0, 0.1) is 0 Å². The molecule has 2 heterocycles. The molecule has 0 bridgehead atoms. The van der Waals surface area contributed by atoms with Gasteiger partial charge in [-0.1, -0.05) is 89.1 Å². The number of aromatic nitrogens is 1. The lowest BCUT2D eigenvalue weighted by Gasteiger charge is -2.25. The molecule has 5 aromatic rings. The molecule has 0 aliphatic carbocycles. The Kier molecular flexibility index (Phi) is 11.1. The second kappa shape index (κ2) is 15.8. The number of esters is 2. The fourth-order valence-electron chi connectivity index (χ4n) is 5.62. The molecular formula is C39H32Cl2N2O7S. The van der Waals surface area contributed by atoms with Gasteiger partial charge in [-0.2, -0.15) is 0 Å². The Morgan fingerprint density at radius 1 is 0.902 bits per heavy atom. The molecule has 260 valence electrons. The van der Waals surface area contributed by atoms with Gasteiger partial charge in [0.05, 0.1) is 52.8 Å². The first-order valence-corrected chi connectivity index (χ1v) is 17.6. The van der Waals surface area contributed by atoms with Gasteiger partial charge >= 0.3 is 11.9 Å². The summed E-state index contributed by atoms with van der Waals surface area (Å²) in [5, 5.41) is 0.785. The minimum atomic E-state index is -0.838. The summed E-state index contributed by atoms with van der Waals surface area (Å²) < 4.78 is 24.1. The number of carbonyl (C=O) groups excluding carboxylic acids is 2. The molecule has 6 rings (SSSR count). The Labute approximate surface area is 307 Å². The summed E-state index contributed by atoms with van der Waals surface area (Å²) in [5.41, 5.74) is 3.52. The van der Waals surface area contributed by atoms with Gasteiger partial charge in [0.1, 0.15) is 6.61 Å². The number of rotatable bonds is 11. The third-order valence-electron chi connectivity index (χ3n) is 7.96. The third-order valence-corrected chi connectivity index (χ3v) is 9.47. The van der Waals surface area contributed by atoms with Crippen molar-refractivity contribution in [2.45, 2.75) is 26.5 Å². The summed E-state index contributed by atoms with van der Waals surface area (Å²) in [6.07, 6.45) is 1.70. The van der Waals surface area contributed by atoms with Crippen LogP contribution in [0.2, 0.25) is 10.0 Å². The van der Waals surface area contributed by atoms with Crippen molar-refractivity contribution in [3.05, 3.63) is 154 Å². The second-order valence-corrected chi connectivity index (χ2v) is 13.1. The molecule has 1 aromatic heterocycles. The lowest BCUT2D eigenvalue weighted by Crippen LogP contribution is -2.40. The quantitative estimate of drug-likeness (QED) is 0.134. The van der Waals surface area contributed by atoms with E-state index in [4.69, 9.17) is 47.1 Å². The lowest BCUT2D eigenvalue weighted by atomic mass is 9.93. The van der Waals surface area contributed by atoms with Crippen LogP contribution in [-0.4, -0.2) is 36.8 Å². The second-order valence-electron chi connectivity index (χ2n) is 11.2. The molecule has 0 N–H and O–H groups in total. The molecule has 0 spiro atoms. The van der Waals surface area contributed by atoms with Crippen LogP contribution < -0.4 is 24.4 Å². The number of thiazole rings is 1.